The van der Waals surface area contributed by atoms with Crippen LogP contribution < -0.4 is 9.47 Å². The van der Waals surface area contributed by atoms with E-state index in [1.54, 1.807) is 36.4 Å². The molecule has 0 aliphatic rings. The topological polar surface area (TPSA) is 35.5 Å². The molecule has 4 heteroatoms. The van der Waals surface area contributed by atoms with Gasteiger partial charge in [0, 0.05) is 0 Å². The van der Waals surface area contributed by atoms with E-state index in [4.69, 9.17) is 9.47 Å². The summed E-state index contributed by atoms with van der Waals surface area (Å²) in [5.74, 6) is -0.137. The fourth-order valence-electron chi connectivity index (χ4n) is 1.92. The summed E-state index contributed by atoms with van der Waals surface area (Å²) in [4.78, 5) is 12.2. The van der Waals surface area contributed by atoms with Gasteiger partial charge in [0.15, 0.2) is 18.2 Å². The number of ether oxygens (including phenoxy) is 2. The first-order valence-corrected chi connectivity index (χ1v) is 6.75. The van der Waals surface area contributed by atoms with Crippen molar-refractivity contribution < 1.29 is 18.7 Å². The van der Waals surface area contributed by atoms with Crippen molar-refractivity contribution in [2.24, 2.45) is 0 Å². The number of rotatable bonds is 6. The van der Waals surface area contributed by atoms with Gasteiger partial charge in [0.1, 0.15) is 5.75 Å². The predicted octanol–water partition coefficient (Wildman–Crippen LogP) is 3.79. The van der Waals surface area contributed by atoms with E-state index in [2.05, 4.69) is 0 Å². The number of ketones is 1. The average Bonchev–Trinajstić information content (AvgIpc) is 2.49. The number of hydrogen-bond acceptors (Lipinski definition) is 3. The molecule has 110 valence electrons. The number of hydrogen-bond donors (Lipinski definition) is 0. The van der Waals surface area contributed by atoms with Crippen molar-refractivity contribution in [3.05, 3.63) is 59.4 Å². The second-order valence-electron chi connectivity index (χ2n) is 4.57. The quantitative estimate of drug-likeness (QED) is 0.759. The van der Waals surface area contributed by atoms with Crippen LogP contribution in [0.3, 0.4) is 0 Å². The third-order valence-corrected chi connectivity index (χ3v) is 2.93. The van der Waals surface area contributed by atoms with E-state index in [0.717, 1.165) is 5.56 Å². The van der Waals surface area contributed by atoms with Crippen LogP contribution in [0, 0.1) is 12.7 Å². The summed E-state index contributed by atoms with van der Waals surface area (Å²) in [6.07, 6.45) is 0. The molecule has 0 aliphatic heterocycles. The molecule has 0 amide bonds. The molecule has 0 fully saturated rings. The minimum Gasteiger partial charge on any atom is -0.493 e. The Labute approximate surface area is 123 Å². The first-order valence-electron chi connectivity index (χ1n) is 6.75. The van der Waals surface area contributed by atoms with Crippen molar-refractivity contribution in [2.45, 2.75) is 13.8 Å². The molecule has 2 aromatic rings. The molecule has 0 spiro atoms. The van der Waals surface area contributed by atoms with Crippen LogP contribution in [0.2, 0.25) is 0 Å². The monoisotopic (exact) mass is 288 g/mol. The van der Waals surface area contributed by atoms with Crippen LogP contribution in [-0.4, -0.2) is 19.0 Å². The normalized spacial score (nSPS) is 10.2. The molecule has 0 N–H and O–H groups in total. The first-order chi connectivity index (χ1) is 10.1. The fourth-order valence-corrected chi connectivity index (χ4v) is 1.92. The Morgan fingerprint density at radius 2 is 1.86 bits per heavy atom. The van der Waals surface area contributed by atoms with Gasteiger partial charge in [-0.15, -0.1) is 0 Å². The Kier molecular flexibility index (Phi) is 4.93. The zero-order chi connectivity index (χ0) is 15.2. The van der Waals surface area contributed by atoms with E-state index < -0.39 is 5.82 Å². The molecule has 0 saturated heterocycles. The average molecular weight is 288 g/mol. The standard InChI is InChI=1S/C17H17FO3/c1-3-20-16-7-5-4-6-13(16)15(19)11-21-17-10-12(2)8-9-14(17)18/h4-10H,3,11H2,1-2H3. The third-order valence-electron chi connectivity index (χ3n) is 2.93. The van der Waals surface area contributed by atoms with Crippen LogP contribution >= 0.6 is 0 Å². The fraction of sp³-hybridized carbons (Fsp3) is 0.235. The van der Waals surface area contributed by atoms with E-state index >= 15 is 0 Å². The highest BCUT2D eigenvalue weighted by atomic mass is 19.1. The molecule has 0 bridgehead atoms. The molecule has 0 saturated carbocycles. The van der Waals surface area contributed by atoms with E-state index in [9.17, 15) is 9.18 Å². The molecule has 0 heterocycles. The van der Waals surface area contributed by atoms with Gasteiger partial charge in [-0.05, 0) is 43.7 Å². The number of benzene rings is 2. The molecule has 3 nitrogen and oxygen atoms in total. The molecular weight excluding hydrogens is 271 g/mol. The van der Waals surface area contributed by atoms with Crippen molar-refractivity contribution in [2.75, 3.05) is 13.2 Å². The largest absolute Gasteiger partial charge is 0.493 e. The zero-order valence-electron chi connectivity index (χ0n) is 12.1. The molecule has 0 aromatic heterocycles. The van der Waals surface area contributed by atoms with Gasteiger partial charge in [0.2, 0.25) is 5.78 Å². The van der Waals surface area contributed by atoms with Crippen molar-refractivity contribution in [1.82, 2.24) is 0 Å². The highest BCUT2D eigenvalue weighted by Crippen LogP contribution is 2.21. The lowest BCUT2D eigenvalue weighted by Crippen LogP contribution is -2.13. The van der Waals surface area contributed by atoms with Gasteiger partial charge in [-0.3, -0.25) is 4.79 Å². The van der Waals surface area contributed by atoms with Crippen LogP contribution in [0.25, 0.3) is 0 Å². The summed E-state index contributed by atoms with van der Waals surface area (Å²) in [6.45, 7) is 3.92. The van der Waals surface area contributed by atoms with Crippen molar-refractivity contribution >= 4 is 5.78 Å². The van der Waals surface area contributed by atoms with Gasteiger partial charge < -0.3 is 9.47 Å². The number of halogens is 1. The maximum atomic E-state index is 13.6. The molecule has 0 atom stereocenters. The number of aryl methyl sites for hydroxylation is 1. The minimum atomic E-state index is -0.480. The molecule has 2 rings (SSSR count). The maximum absolute atomic E-state index is 13.6. The minimum absolute atomic E-state index is 0.0808. The summed E-state index contributed by atoms with van der Waals surface area (Å²) in [5, 5.41) is 0. The summed E-state index contributed by atoms with van der Waals surface area (Å²) in [6, 6.07) is 11.5. The lowest BCUT2D eigenvalue weighted by molar-refractivity contribution is 0.0915. The Morgan fingerprint density at radius 3 is 2.62 bits per heavy atom. The number of carbonyl (C=O) groups is 1. The maximum Gasteiger partial charge on any atom is 0.203 e. The van der Waals surface area contributed by atoms with E-state index in [-0.39, 0.29) is 18.1 Å². The van der Waals surface area contributed by atoms with E-state index in [1.165, 1.54) is 6.07 Å². The smallest absolute Gasteiger partial charge is 0.203 e. The first kappa shape index (κ1) is 15.0. The summed E-state index contributed by atoms with van der Waals surface area (Å²) in [7, 11) is 0. The predicted molar refractivity (Wildman–Crippen MR) is 78.6 cm³/mol. The van der Waals surface area contributed by atoms with Crippen LogP contribution in [0.5, 0.6) is 11.5 Å². The van der Waals surface area contributed by atoms with Crippen LogP contribution in [0.15, 0.2) is 42.5 Å². The van der Waals surface area contributed by atoms with Crippen LogP contribution in [-0.2, 0) is 0 Å². The Bertz CT molecular complexity index is 638. The van der Waals surface area contributed by atoms with Gasteiger partial charge in [0.25, 0.3) is 0 Å². The molecular formula is C17H17FO3. The van der Waals surface area contributed by atoms with Gasteiger partial charge in [-0.25, -0.2) is 4.39 Å². The second kappa shape index (κ2) is 6.88. The number of carbonyl (C=O) groups excluding carboxylic acids is 1. The van der Waals surface area contributed by atoms with Gasteiger partial charge >= 0.3 is 0 Å². The van der Waals surface area contributed by atoms with E-state index in [1.807, 2.05) is 13.8 Å². The number of Topliss-reactive ketones (excluding diaryl/α,β-unsaturated/α-hetero) is 1. The number of para-hydroxylation sites is 1. The second-order valence-corrected chi connectivity index (χ2v) is 4.57. The van der Waals surface area contributed by atoms with Gasteiger partial charge in [0.05, 0.1) is 12.2 Å². The van der Waals surface area contributed by atoms with Crippen molar-refractivity contribution in [3.8, 4) is 11.5 Å². The van der Waals surface area contributed by atoms with Gasteiger partial charge in [-0.1, -0.05) is 18.2 Å². The zero-order valence-corrected chi connectivity index (χ0v) is 12.1. The van der Waals surface area contributed by atoms with Crippen LogP contribution in [0.4, 0.5) is 4.39 Å². The molecule has 0 aliphatic carbocycles. The van der Waals surface area contributed by atoms with Crippen molar-refractivity contribution in [3.63, 3.8) is 0 Å². The van der Waals surface area contributed by atoms with Gasteiger partial charge in [-0.2, -0.15) is 0 Å². The third kappa shape index (κ3) is 3.81. The highest BCUT2D eigenvalue weighted by Gasteiger charge is 2.13. The Hall–Kier alpha value is -2.36. The van der Waals surface area contributed by atoms with Crippen molar-refractivity contribution in [1.29, 1.82) is 0 Å². The summed E-state index contributed by atoms with van der Waals surface area (Å²) in [5.41, 5.74) is 1.31. The summed E-state index contributed by atoms with van der Waals surface area (Å²) < 4.78 is 24.3. The molecule has 0 unspecified atom stereocenters. The van der Waals surface area contributed by atoms with Crippen LogP contribution in [0.1, 0.15) is 22.8 Å². The summed E-state index contributed by atoms with van der Waals surface area (Å²) >= 11 is 0. The lowest BCUT2D eigenvalue weighted by atomic mass is 10.1. The lowest BCUT2D eigenvalue weighted by Gasteiger charge is -2.10. The Morgan fingerprint density at radius 1 is 1.10 bits per heavy atom. The Balaban J connectivity index is 2.10. The van der Waals surface area contributed by atoms with E-state index in [0.29, 0.717) is 17.9 Å². The molecule has 21 heavy (non-hydrogen) atoms. The molecule has 2 aromatic carbocycles. The SMILES string of the molecule is CCOc1ccccc1C(=O)COc1cc(C)ccc1F. The highest BCUT2D eigenvalue weighted by molar-refractivity contribution is 5.99. The molecule has 0 radical (unpaired) electrons.